The molecule has 0 bridgehead atoms. The van der Waals surface area contributed by atoms with E-state index in [0.29, 0.717) is 23.7 Å². The van der Waals surface area contributed by atoms with Gasteiger partial charge in [-0.25, -0.2) is 9.97 Å². The zero-order valence-corrected chi connectivity index (χ0v) is 15.6. The van der Waals surface area contributed by atoms with E-state index in [4.69, 9.17) is 4.74 Å². The highest BCUT2D eigenvalue weighted by Gasteiger charge is 2.23. The number of methoxy groups -OCH3 is 1. The number of phenolic OH excluding ortho intramolecular Hbond substituents is 1. The van der Waals surface area contributed by atoms with Crippen LogP contribution >= 0.6 is 0 Å². The molecule has 0 atom stereocenters. The molecule has 8 heteroatoms. The van der Waals surface area contributed by atoms with Gasteiger partial charge in [-0.1, -0.05) is 0 Å². The first-order valence-corrected chi connectivity index (χ1v) is 9.22. The zero-order chi connectivity index (χ0) is 19.7. The minimum Gasteiger partial charge on any atom is -0.504 e. The van der Waals surface area contributed by atoms with E-state index in [1.54, 1.807) is 29.0 Å². The number of aromatic hydroxyl groups is 2. The molecule has 2 aromatic heterocycles. The number of ether oxygens (including phenoxy) is 1. The summed E-state index contributed by atoms with van der Waals surface area (Å²) in [6.07, 6.45) is 5.03. The maximum Gasteiger partial charge on any atom is 0.292 e. The second kappa shape index (κ2) is 7.38. The number of aromatic nitrogens is 3. The minimum atomic E-state index is -0.351. The van der Waals surface area contributed by atoms with Gasteiger partial charge in [-0.3, -0.25) is 4.79 Å². The van der Waals surface area contributed by atoms with Crippen LogP contribution in [0.3, 0.4) is 0 Å². The SMILES string of the molecule is COc1cc2ncnc(N3CCC(Cn4cccc(O)c4=O)CC3)c2cc1O. The van der Waals surface area contributed by atoms with Gasteiger partial charge in [0.25, 0.3) is 5.56 Å². The van der Waals surface area contributed by atoms with Crippen molar-refractivity contribution in [2.75, 3.05) is 25.1 Å². The van der Waals surface area contributed by atoms with Crippen molar-refractivity contribution in [1.29, 1.82) is 0 Å². The van der Waals surface area contributed by atoms with E-state index in [1.807, 2.05) is 0 Å². The molecule has 0 spiro atoms. The number of hydrogen-bond acceptors (Lipinski definition) is 7. The highest BCUT2D eigenvalue weighted by atomic mass is 16.5. The maximum atomic E-state index is 12.0. The number of benzene rings is 1. The van der Waals surface area contributed by atoms with Gasteiger partial charge in [-0.15, -0.1) is 0 Å². The Labute approximate surface area is 161 Å². The lowest BCUT2D eigenvalue weighted by Crippen LogP contribution is -2.36. The van der Waals surface area contributed by atoms with Crippen LogP contribution in [0, 0.1) is 5.92 Å². The molecule has 1 aromatic carbocycles. The lowest BCUT2D eigenvalue weighted by molar-refractivity contribution is 0.347. The van der Waals surface area contributed by atoms with Gasteiger partial charge in [0.05, 0.1) is 12.6 Å². The monoisotopic (exact) mass is 382 g/mol. The van der Waals surface area contributed by atoms with Crippen LogP contribution in [0.25, 0.3) is 10.9 Å². The Morgan fingerprint density at radius 2 is 1.96 bits per heavy atom. The van der Waals surface area contributed by atoms with Crippen LogP contribution in [0.5, 0.6) is 17.2 Å². The summed E-state index contributed by atoms with van der Waals surface area (Å²) in [5.41, 5.74) is 0.365. The summed E-state index contributed by atoms with van der Waals surface area (Å²) in [7, 11) is 1.51. The fraction of sp³-hybridized carbons (Fsp3) is 0.350. The van der Waals surface area contributed by atoms with E-state index >= 15 is 0 Å². The molecule has 0 aliphatic carbocycles. The number of nitrogens with zero attached hydrogens (tertiary/aromatic N) is 4. The number of anilines is 1. The molecule has 3 aromatic rings. The number of rotatable bonds is 4. The predicted octanol–water partition coefficient (Wildman–Crippen LogP) is 2.13. The molecule has 0 radical (unpaired) electrons. The third-order valence-electron chi connectivity index (χ3n) is 5.28. The van der Waals surface area contributed by atoms with Crippen molar-refractivity contribution in [3.63, 3.8) is 0 Å². The summed E-state index contributed by atoms with van der Waals surface area (Å²) in [4.78, 5) is 22.9. The number of hydrogen-bond donors (Lipinski definition) is 2. The second-order valence-electron chi connectivity index (χ2n) is 7.02. The van der Waals surface area contributed by atoms with Crippen molar-refractivity contribution in [2.45, 2.75) is 19.4 Å². The minimum absolute atomic E-state index is 0.0594. The lowest BCUT2D eigenvalue weighted by atomic mass is 9.96. The maximum absolute atomic E-state index is 12.0. The van der Waals surface area contributed by atoms with Crippen LogP contribution in [0.4, 0.5) is 5.82 Å². The van der Waals surface area contributed by atoms with Gasteiger partial charge in [0, 0.05) is 37.3 Å². The molecular weight excluding hydrogens is 360 g/mol. The van der Waals surface area contributed by atoms with Gasteiger partial charge in [0.15, 0.2) is 17.2 Å². The van der Waals surface area contributed by atoms with Gasteiger partial charge in [-0.05, 0) is 37.0 Å². The molecule has 2 N–H and O–H groups in total. The summed E-state index contributed by atoms with van der Waals surface area (Å²) in [5, 5.41) is 20.5. The fourth-order valence-corrected chi connectivity index (χ4v) is 3.75. The van der Waals surface area contributed by atoms with E-state index in [0.717, 1.165) is 37.1 Å². The Morgan fingerprint density at radius 1 is 1.18 bits per heavy atom. The summed E-state index contributed by atoms with van der Waals surface area (Å²) < 4.78 is 6.73. The fourth-order valence-electron chi connectivity index (χ4n) is 3.75. The zero-order valence-electron chi connectivity index (χ0n) is 15.6. The van der Waals surface area contributed by atoms with Gasteiger partial charge in [0.1, 0.15) is 12.1 Å². The molecule has 0 amide bonds. The summed E-state index contributed by atoms with van der Waals surface area (Å²) in [6.45, 7) is 2.16. The van der Waals surface area contributed by atoms with Crippen LogP contribution < -0.4 is 15.2 Å². The van der Waals surface area contributed by atoms with Crippen LogP contribution in [0.2, 0.25) is 0 Å². The van der Waals surface area contributed by atoms with E-state index in [-0.39, 0.29) is 17.1 Å². The third kappa shape index (κ3) is 3.33. The van der Waals surface area contributed by atoms with E-state index in [2.05, 4.69) is 14.9 Å². The third-order valence-corrected chi connectivity index (χ3v) is 5.28. The molecule has 4 rings (SSSR count). The van der Waals surface area contributed by atoms with Gasteiger partial charge in [-0.2, -0.15) is 0 Å². The Morgan fingerprint density at radius 3 is 2.71 bits per heavy atom. The van der Waals surface area contributed by atoms with Crippen LogP contribution in [-0.4, -0.2) is 44.9 Å². The van der Waals surface area contributed by atoms with Crippen LogP contribution in [0.15, 0.2) is 41.6 Å². The average molecular weight is 382 g/mol. The van der Waals surface area contributed by atoms with Crippen molar-refractivity contribution >= 4 is 16.7 Å². The number of pyridine rings is 1. The quantitative estimate of drug-likeness (QED) is 0.713. The molecule has 3 heterocycles. The van der Waals surface area contributed by atoms with Crippen LogP contribution in [0.1, 0.15) is 12.8 Å². The largest absolute Gasteiger partial charge is 0.504 e. The van der Waals surface area contributed by atoms with Gasteiger partial charge in [0.2, 0.25) is 0 Å². The first kappa shape index (κ1) is 18.1. The van der Waals surface area contributed by atoms with E-state index < -0.39 is 0 Å². The standard InChI is InChI=1S/C20H22N4O4/c1-28-18-10-15-14(9-17(18)26)19(22-12-21-15)23-7-4-13(5-8-23)11-24-6-2-3-16(25)20(24)27/h2-3,6,9-10,12-13,25-26H,4-5,7-8,11H2,1H3. The molecule has 0 unspecified atom stereocenters. The van der Waals surface area contributed by atoms with Gasteiger partial charge >= 0.3 is 0 Å². The topological polar surface area (TPSA) is 101 Å². The van der Waals surface area contributed by atoms with E-state index in [9.17, 15) is 15.0 Å². The van der Waals surface area contributed by atoms with Crippen LogP contribution in [-0.2, 0) is 6.54 Å². The smallest absolute Gasteiger partial charge is 0.292 e. The van der Waals surface area contributed by atoms with Crippen molar-refractivity contribution in [1.82, 2.24) is 14.5 Å². The molecule has 28 heavy (non-hydrogen) atoms. The number of phenols is 1. The first-order chi connectivity index (χ1) is 13.6. The molecular formula is C20H22N4O4. The second-order valence-corrected chi connectivity index (χ2v) is 7.02. The predicted molar refractivity (Wildman–Crippen MR) is 105 cm³/mol. The molecule has 146 valence electrons. The van der Waals surface area contributed by atoms with E-state index in [1.165, 1.54) is 19.5 Å². The normalized spacial score (nSPS) is 15.1. The Kier molecular flexibility index (Phi) is 4.77. The Balaban J connectivity index is 1.52. The highest BCUT2D eigenvalue weighted by molar-refractivity contribution is 5.91. The lowest BCUT2D eigenvalue weighted by Gasteiger charge is -2.33. The molecule has 8 nitrogen and oxygen atoms in total. The van der Waals surface area contributed by atoms with Crippen molar-refractivity contribution < 1.29 is 14.9 Å². The molecule has 1 saturated heterocycles. The highest BCUT2D eigenvalue weighted by Crippen LogP contribution is 2.35. The molecule has 0 saturated carbocycles. The summed E-state index contributed by atoms with van der Waals surface area (Å²) in [5.74, 6) is 1.35. The van der Waals surface area contributed by atoms with Crippen molar-refractivity contribution in [2.24, 2.45) is 5.92 Å². The Bertz CT molecular complexity index is 1060. The van der Waals surface area contributed by atoms with Crippen molar-refractivity contribution in [3.8, 4) is 17.2 Å². The number of fused-ring (bicyclic) bond motifs is 1. The summed E-state index contributed by atoms with van der Waals surface area (Å²) in [6, 6.07) is 6.44. The molecule has 1 aliphatic rings. The number of piperidine rings is 1. The molecule has 1 aliphatic heterocycles. The van der Waals surface area contributed by atoms with Crippen molar-refractivity contribution in [3.05, 3.63) is 47.1 Å². The summed E-state index contributed by atoms with van der Waals surface area (Å²) >= 11 is 0. The first-order valence-electron chi connectivity index (χ1n) is 9.22. The average Bonchev–Trinajstić information content (AvgIpc) is 2.71. The molecule has 1 fully saturated rings. The Hall–Kier alpha value is -3.29. The van der Waals surface area contributed by atoms with Gasteiger partial charge < -0.3 is 24.4 Å².